The summed E-state index contributed by atoms with van der Waals surface area (Å²) in [6.45, 7) is 0. The van der Waals surface area contributed by atoms with Crippen LogP contribution in [0.5, 0.6) is 0 Å². The molecule has 0 spiro atoms. The molecule has 1 fully saturated rings. The van der Waals surface area contributed by atoms with Gasteiger partial charge in [-0.15, -0.1) is 0 Å². The van der Waals surface area contributed by atoms with Crippen molar-refractivity contribution in [3.05, 3.63) is 28.9 Å². The fourth-order valence-corrected chi connectivity index (χ4v) is 1.21. The molecular weight excluding hydrogens is 220 g/mol. The number of hydrogen-bond acceptors (Lipinski definition) is 4. The maximum absolute atomic E-state index is 11.1. The molecular formula is C8H5ClN4O2. The van der Waals surface area contributed by atoms with Crippen LogP contribution in [0.3, 0.4) is 0 Å². The van der Waals surface area contributed by atoms with E-state index in [-0.39, 0.29) is 11.0 Å². The zero-order valence-electron chi connectivity index (χ0n) is 7.32. The first-order valence-electron chi connectivity index (χ1n) is 3.98. The molecule has 3 amide bonds. The Hall–Kier alpha value is -1.95. The van der Waals surface area contributed by atoms with Crippen molar-refractivity contribution in [3.63, 3.8) is 0 Å². The normalized spacial score (nSPS) is 17.8. The highest BCUT2D eigenvalue weighted by molar-refractivity contribution is 6.28. The van der Waals surface area contributed by atoms with E-state index in [0.29, 0.717) is 5.69 Å². The van der Waals surface area contributed by atoms with Crippen molar-refractivity contribution in [1.82, 2.24) is 20.6 Å². The third kappa shape index (κ3) is 2.10. The van der Waals surface area contributed by atoms with Gasteiger partial charge in [0.25, 0.3) is 5.91 Å². The van der Waals surface area contributed by atoms with E-state index in [4.69, 9.17) is 11.6 Å². The number of hydrogen-bond donors (Lipinski definition) is 2. The summed E-state index contributed by atoms with van der Waals surface area (Å²) >= 11 is 5.56. The van der Waals surface area contributed by atoms with Crippen molar-refractivity contribution in [2.75, 3.05) is 0 Å². The summed E-state index contributed by atoms with van der Waals surface area (Å²) in [4.78, 5) is 29.4. The molecule has 15 heavy (non-hydrogen) atoms. The molecule has 1 aliphatic rings. The first-order valence-corrected chi connectivity index (χ1v) is 4.35. The monoisotopic (exact) mass is 224 g/mol. The molecule has 1 aromatic heterocycles. The third-order valence-electron chi connectivity index (χ3n) is 1.66. The van der Waals surface area contributed by atoms with Crippen LogP contribution in [0.4, 0.5) is 4.79 Å². The Balaban J connectivity index is 2.31. The standard InChI is InChI=1S/C8H5ClN4O2/c9-7-10-2-1-4(11-7)3-5-6(14)13-8(15)12-5/h1-3H,(H2,12,13,14,15)/b5-3+. The number of imide groups is 1. The van der Waals surface area contributed by atoms with E-state index in [1.165, 1.54) is 12.3 Å². The second kappa shape index (κ2) is 3.66. The Morgan fingerprint density at radius 3 is 2.73 bits per heavy atom. The molecule has 0 aromatic carbocycles. The summed E-state index contributed by atoms with van der Waals surface area (Å²) < 4.78 is 0. The van der Waals surface area contributed by atoms with Crippen LogP contribution < -0.4 is 10.6 Å². The summed E-state index contributed by atoms with van der Waals surface area (Å²) in [5, 5.41) is 4.48. The largest absolute Gasteiger partial charge is 0.326 e. The topological polar surface area (TPSA) is 84.0 Å². The Kier molecular flexibility index (Phi) is 2.34. The highest BCUT2D eigenvalue weighted by atomic mass is 35.5. The molecule has 0 atom stereocenters. The lowest BCUT2D eigenvalue weighted by Gasteiger charge is -1.94. The molecule has 2 N–H and O–H groups in total. The second-order valence-electron chi connectivity index (χ2n) is 2.72. The zero-order valence-corrected chi connectivity index (χ0v) is 8.08. The van der Waals surface area contributed by atoms with Crippen LogP contribution in [-0.4, -0.2) is 21.9 Å². The molecule has 1 saturated heterocycles. The summed E-state index contributed by atoms with van der Waals surface area (Å²) in [6.07, 6.45) is 2.87. The number of rotatable bonds is 1. The minimum absolute atomic E-state index is 0.0779. The van der Waals surface area contributed by atoms with Crippen molar-refractivity contribution >= 4 is 29.6 Å². The SMILES string of the molecule is O=C1NC(=O)/C(=C\c2ccnc(Cl)n2)N1. The van der Waals surface area contributed by atoms with Crippen LogP contribution in [0.15, 0.2) is 18.0 Å². The van der Waals surface area contributed by atoms with Gasteiger partial charge in [-0.3, -0.25) is 10.1 Å². The van der Waals surface area contributed by atoms with E-state index < -0.39 is 11.9 Å². The van der Waals surface area contributed by atoms with Gasteiger partial charge in [-0.05, 0) is 23.7 Å². The number of nitrogens with zero attached hydrogens (tertiary/aromatic N) is 2. The van der Waals surface area contributed by atoms with Gasteiger partial charge < -0.3 is 5.32 Å². The summed E-state index contributed by atoms with van der Waals surface area (Å²) in [5.41, 5.74) is 0.581. The fourth-order valence-electron chi connectivity index (χ4n) is 1.06. The zero-order chi connectivity index (χ0) is 10.8. The fraction of sp³-hybridized carbons (Fsp3) is 0. The Bertz CT molecular complexity index is 471. The van der Waals surface area contributed by atoms with Gasteiger partial charge >= 0.3 is 6.03 Å². The van der Waals surface area contributed by atoms with Gasteiger partial charge in [-0.25, -0.2) is 14.8 Å². The Morgan fingerprint density at radius 1 is 1.33 bits per heavy atom. The van der Waals surface area contributed by atoms with E-state index in [2.05, 4.69) is 20.6 Å². The average Bonchev–Trinajstić information content (AvgIpc) is 2.45. The van der Waals surface area contributed by atoms with Crippen molar-refractivity contribution in [1.29, 1.82) is 0 Å². The van der Waals surface area contributed by atoms with E-state index in [1.807, 2.05) is 0 Å². The van der Waals surface area contributed by atoms with Crippen molar-refractivity contribution < 1.29 is 9.59 Å². The molecule has 0 radical (unpaired) electrons. The summed E-state index contributed by atoms with van der Waals surface area (Å²) in [5.74, 6) is -0.491. The molecule has 0 aliphatic carbocycles. The van der Waals surface area contributed by atoms with Crippen LogP contribution >= 0.6 is 11.6 Å². The molecule has 76 valence electrons. The van der Waals surface area contributed by atoms with Gasteiger partial charge in [0.05, 0.1) is 5.69 Å². The molecule has 6 nitrogen and oxygen atoms in total. The summed E-state index contributed by atoms with van der Waals surface area (Å²) in [7, 11) is 0. The minimum atomic E-state index is -0.550. The highest BCUT2D eigenvalue weighted by Gasteiger charge is 2.22. The Labute approximate surface area is 89.4 Å². The number of nitrogens with one attached hydrogen (secondary N) is 2. The molecule has 7 heteroatoms. The maximum Gasteiger partial charge on any atom is 0.326 e. The molecule has 1 aliphatic heterocycles. The number of halogens is 1. The average molecular weight is 225 g/mol. The molecule has 0 unspecified atom stereocenters. The van der Waals surface area contributed by atoms with Gasteiger partial charge in [0.15, 0.2) is 0 Å². The Morgan fingerprint density at radius 2 is 2.13 bits per heavy atom. The molecule has 1 aromatic rings. The number of carbonyl (C=O) groups excluding carboxylic acids is 2. The quantitative estimate of drug-likeness (QED) is 0.409. The van der Waals surface area contributed by atoms with Gasteiger partial charge in [0.1, 0.15) is 5.70 Å². The molecule has 2 heterocycles. The van der Waals surface area contributed by atoms with Crippen LogP contribution in [0.25, 0.3) is 6.08 Å². The lowest BCUT2D eigenvalue weighted by atomic mass is 10.3. The van der Waals surface area contributed by atoms with E-state index >= 15 is 0 Å². The third-order valence-corrected chi connectivity index (χ3v) is 1.84. The lowest BCUT2D eigenvalue weighted by molar-refractivity contribution is -0.115. The predicted molar refractivity (Wildman–Crippen MR) is 51.7 cm³/mol. The van der Waals surface area contributed by atoms with E-state index in [9.17, 15) is 9.59 Å². The molecule has 0 saturated carbocycles. The molecule has 0 bridgehead atoms. The van der Waals surface area contributed by atoms with E-state index in [1.54, 1.807) is 6.07 Å². The number of urea groups is 1. The van der Waals surface area contributed by atoms with Crippen molar-refractivity contribution in [2.45, 2.75) is 0 Å². The van der Waals surface area contributed by atoms with Gasteiger partial charge in [-0.2, -0.15) is 0 Å². The number of carbonyl (C=O) groups is 2. The number of amides is 3. The first kappa shape index (κ1) is 9.60. The van der Waals surface area contributed by atoms with Crippen molar-refractivity contribution in [2.24, 2.45) is 0 Å². The highest BCUT2D eigenvalue weighted by Crippen LogP contribution is 2.07. The van der Waals surface area contributed by atoms with Crippen molar-refractivity contribution in [3.8, 4) is 0 Å². The van der Waals surface area contributed by atoms with E-state index in [0.717, 1.165) is 0 Å². The van der Waals surface area contributed by atoms with Crippen LogP contribution in [0, 0.1) is 0 Å². The smallest absolute Gasteiger partial charge is 0.303 e. The number of aromatic nitrogens is 2. The second-order valence-corrected chi connectivity index (χ2v) is 3.05. The maximum atomic E-state index is 11.1. The van der Waals surface area contributed by atoms with Crippen LogP contribution in [0.1, 0.15) is 5.69 Å². The lowest BCUT2D eigenvalue weighted by Crippen LogP contribution is -2.22. The first-order chi connectivity index (χ1) is 7.15. The molecule has 2 rings (SSSR count). The summed E-state index contributed by atoms with van der Waals surface area (Å²) in [6, 6.07) is 1.02. The van der Waals surface area contributed by atoms with Gasteiger partial charge in [0.2, 0.25) is 5.28 Å². The van der Waals surface area contributed by atoms with Crippen LogP contribution in [0.2, 0.25) is 5.28 Å². The minimum Gasteiger partial charge on any atom is -0.303 e. The van der Waals surface area contributed by atoms with Gasteiger partial charge in [-0.1, -0.05) is 0 Å². The van der Waals surface area contributed by atoms with Gasteiger partial charge in [0, 0.05) is 6.20 Å². The predicted octanol–water partition coefficient (Wildman–Crippen LogP) is 0.310. The van der Waals surface area contributed by atoms with Crippen LogP contribution in [-0.2, 0) is 4.79 Å².